The van der Waals surface area contributed by atoms with Crippen molar-refractivity contribution >= 4 is 33.4 Å². The zero-order valence-corrected chi connectivity index (χ0v) is 13.1. The lowest BCUT2D eigenvalue weighted by molar-refractivity contribution is -0.136. The van der Waals surface area contributed by atoms with Gasteiger partial charge in [-0.05, 0) is 23.8 Å². The van der Waals surface area contributed by atoms with E-state index in [-0.39, 0.29) is 5.39 Å². The first-order chi connectivity index (χ1) is 11.0. The Morgan fingerprint density at radius 2 is 1.83 bits per heavy atom. The summed E-state index contributed by atoms with van der Waals surface area (Å²) in [5.41, 5.74) is 1.23. The number of thioether (sulfide) groups is 1. The average Bonchev–Trinajstić information content (AvgIpc) is 3.05. The number of hydrogen-bond acceptors (Lipinski definition) is 3. The van der Waals surface area contributed by atoms with Gasteiger partial charge in [0.15, 0.2) is 5.17 Å². The number of alkyl halides is 3. The summed E-state index contributed by atoms with van der Waals surface area (Å²) in [7, 11) is 0. The van der Waals surface area contributed by atoms with E-state index in [1.165, 1.54) is 6.07 Å². The van der Waals surface area contributed by atoms with Crippen LogP contribution < -0.4 is 0 Å². The number of nitrogens with zero attached hydrogens (tertiary/aromatic N) is 2. The Kier molecular flexibility index (Phi) is 3.20. The van der Waals surface area contributed by atoms with E-state index in [1.54, 1.807) is 30.0 Å². The molecule has 0 bridgehead atoms. The number of halogens is 3. The van der Waals surface area contributed by atoms with Gasteiger partial charge in [-0.1, -0.05) is 42.1 Å². The Morgan fingerprint density at radius 3 is 2.61 bits per heavy atom. The first-order valence-corrected chi connectivity index (χ1v) is 8.08. The second-order valence-corrected chi connectivity index (χ2v) is 6.71. The molecule has 0 fully saturated rings. The summed E-state index contributed by atoms with van der Waals surface area (Å²) in [6.45, 7) is 3.51. The standard InChI is InChI=1S/C17H13F3N2S/c1-10-15(22-9-8-21-16(22)23-10)13-6-2-5-12-11(13)4-3-7-14(12)17(18,19)20/h2-7H,8-9H2,1H3. The monoisotopic (exact) mass is 334 g/mol. The summed E-state index contributed by atoms with van der Waals surface area (Å²) in [6.07, 6.45) is -4.35. The molecular formula is C17H13F3N2S. The van der Waals surface area contributed by atoms with E-state index < -0.39 is 11.7 Å². The van der Waals surface area contributed by atoms with Crippen molar-refractivity contribution in [2.45, 2.75) is 13.1 Å². The van der Waals surface area contributed by atoms with Crippen molar-refractivity contribution in [1.82, 2.24) is 4.90 Å². The maximum atomic E-state index is 13.3. The summed E-state index contributed by atoms with van der Waals surface area (Å²) < 4.78 is 39.8. The summed E-state index contributed by atoms with van der Waals surface area (Å²) in [5.74, 6) is 0. The minimum absolute atomic E-state index is 0.243. The summed E-state index contributed by atoms with van der Waals surface area (Å²) in [5, 5.41) is 1.82. The minimum atomic E-state index is -4.35. The number of rotatable bonds is 1. The number of hydrogen-bond donors (Lipinski definition) is 0. The fraction of sp³-hybridized carbons (Fsp3) is 0.235. The van der Waals surface area contributed by atoms with Crippen molar-refractivity contribution in [2.75, 3.05) is 13.1 Å². The largest absolute Gasteiger partial charge is 0.417 e. The smallest absolute Gasteiger partial charge is 0.318 e. The molecule has 2 aromatic carbocycles. The molecule has 2 nitrogen and oxygen atoms in total. The maximum Gasteiger partial charge on any atom is 0.417 e. The molecule has 2 aliphatic rings. The van der Waals surface area contributed by atoms with Crippen LogP contribution in [-0.2, 0) is 6.18 Å². The molecule has 4 rings (SSSR count). The molecule has 118 valence electrons. The molecule has 0 N–H and O–H groups in total. The van der Waals surface area contributed by atoms with Gasteiger partial charge in [0.1, 0.15) is 0 Å². The third-order valence-electron chi connectivity index (χ3n) is 4.13. The van der Waals surface area contributed by atoms with Gasteiger partial charge in [0.25, 0.3) is 0 Å². The Bertz CT molecular complexity index is 868. The summed E-state index contributed by atoms with van der Waals surface area (Å²) >= 11 is 1.59. The molecule has 6 heteroatoms. The summed E-state index contributed by atoms with van der Waals surface area (Å²) in [6, 6.07) is 9.51. The minimum Gasteiger partial charge on any atom is -0.318 e. The lowest BCUT2D eigenvalue weighted by atomic mass is 9.97. The van der Waals surface area contributed by atoms with Crippen molar-refractivity contribution in [2.24, 2.45) is 4.99 Å². The number of allylic oxidation sites excluding steroid dienone is 1. The zero-order chi connectivity index (χ0) is 16.2. The quantitative estimate of drug-likeness (QED) is 0.732. The Hall–Kier alpha value is -1.95. The molecule has 0 saturated heterocycles. The van der Waals surface area contributed by atoms with Crippen LogP contribution in [0.2, 0.25) is 0 Å². The molecule has 0 unspecified atom stereocenters. The van der Waals surface area contributed by atoms with Gasteiger partial charge in [0.05, 0.1) is 17.8 Å². The van der Waals surface area contributed by atoms with E-state index in [1.807, 2.05) is 13.0 Å². The molecule has 0 radical (unpaired) electrons. The van der Waals surface area contributed by atoms with Gasteiger partial charge in [-0.25, -0.2) is 0 Å². The summed E-state index contributed by atoms with van der Waals surface area (Å²) in [4.78, 5) is 7.63. The molecule has 23 heavy (non-hydrogen) atoms. The molecule has 0 aromatic heterocycles. The highest BCUT2D eigenvalue weighted by Gasteiger charge is 2.34. The Morgan fingerprint density at radius 1 is 1.09 bits per heavy atom. The highest BCUT2D eigenvalue weighted by molar-refractivity contribution is 8.17. The first kappa shape index (κ1) is 14.6. The van der Waals surface area contributed by atoms with Gasteiger partial charge in [0.2, 0.25) is 0 Å². The molecule has 2 aliphatic heterocycles. The normalized spacial score (nSPS) is 17.9. The van der Waals surface area contributed by atoms with Crippen LogP contribution in [0.25, 0.3) is 16.5 Å². The molecule has 0 saturated carbocycles. The van der Waals surface area contributed by atoms with Crippen molar-refractivity contribution < 1.29 is 13.2 Å². The molecule has 0 atom stereocenters. The number of benzene rings is 2. The SMILES string of the molecule is CC1=C(c2cccc3c(C(F)(F)F)cccc23)N2CCN=C2S1. The molecule has 0 spiro atoms. The van der Waals surface area contributed by atoms with E-state index >= 15 is 0 Å². The zero-order valence-electron chi connectivity index (χ0n) is 12.3. The third kappa shape index (κ3) is 2.24. The van der Waals surface area contributed by atoms with Crippen LogP contribution in [0.15, 0.2) is 46.3 Å². The highest BCUT2D eigenvalue weighted by atomic mass is 32.2. The number of amidine groups is 1. The predicted octanol–water partition coefficient (Wildman–Crippen LogP) is 4.97. The first-order valence-electron chi connectivity index (χ1n) is 7.27. The van der Waals surface area contributed by atoms with E-state index in [0.29, 0.717) is 5.39 Å². The fourth-order valence-electron chi connectivity index (χ4n) is 3.20. The van der Waals surface area contributed by atoms with Gasteiger partial charge in [-0.3, -0.25) is 4.99 Å². The molecule has 2 heterocycles. The number of aliphatic imine (C=N–C) groups is 1. The highest BCUT2D eigenvalue weighted by Crippen LogP contribution is 2.44. The van der Waals surface area contributed by atoms with Gasteiger partial charge < -0.3 is 4.90 Å². The number of fused-ring (bicyclic) bond motifs is 2. The van der Waals surface area contributed by atoms with Crippen molar-refractivity contribution in [3.8, 4) is 0 Å². The average molecular weight is 334 g/mol. The van der Waals surface area contributed by atoms with E-state index in [4.69, 9.17) is 0 Å². The van der Waals surface area contributed by atoms with Gasteiger partial charge >= 0.3 is 6.18 Å². The van der Waals surface area contributed by atoms with E-state index in [0.717, 1.165) is 40.5 Å². The van der Waals surface area contributed by atoms with Crippen LogP contribution >= 0.6 is 11.8 Å². The third-order valence-corrected chi connectivity index (χ3v) is 5.16. The second-order valence-electron chi connectivity index (χ2n) is 5.53. The molecular weight excluding hydrogens is 321 g/mol. The van der Waals surface area contributed by atoms with Crippen molar-refractivity contribution in [1.29, 1.82) is 0 Å². The maximum absolute atomic E-state index is 13.3. The van der Waals surface area contributed by atoms with Crippen LogP contribution in [0, 0.1) is 0 Å². The Labute approximate surface area is 135 Å². The fourth-order valence-corrected chi connectivity index (χ4v) is 4.23. The van der Waals surface area contributed by atoms with Crippen LogP contribution in [0.5, 0.6) is 0 Å². The molecule has 0 aliphatic carbocycles. The van der Waals surface area contributed by atoms with Crippen LogP contribution in [0.3, 0.4) is 0 Å². The molecule has 0 amide bonds. The lowest BCUT2D eigenvalue weighted by Crippen LogP contribution is -2.20. The van der Waals surface area contributed by atoms with E-state index in [2.05, 4.69) is 9.89 Å². The lowest BCUT2D eigenvalue weighted by Gasteiger charge is -2.20. The second kappa shape index (κ2) is 5.03. The van der Waals surface area contributed by atoms with E-state index in [9.17, 15) is 13.2 Å². The van der Waals surface area contributed by atoms with Crippen LogP contribution in [-0.4, -0.2) is 23.2 Å². The van der Waals surface area contributed by atoms with Crippen molar-refractivity contribution in [3.63, 3.8) is 0 Å². The molecule has 2 aromatic rings. The predicted molar refractivity (Wildman–Crippen MR) is 88.1 cm³/mol. The van der Waals surface area contributed by atoms with Gasteiger partial charge in [-0.15, -0.1) is 0 Å². The van der Waals surface area contributed by atoms with Gasteiger partial charge in [-0.2, -0.15) is 13.2 Å². The topological polar surface area (TPSA) is 15.6 Å². The van der Waals surface area contributed by atoms with Crippen LogP contribution in [0.1, 0.15) is 18.1 Å². The van der Waals surface area contributed by atoms with Gasteiger partial charge in [0, 0.05) is 17.0 Å². The van der Waals surface area contributed by atoms with Crippen molar-refractivity contribution in [3.05, 3.63) is 52.4 Å². The van der Waals surface area contributed by atoms with Crippen LogP contribution in [0.4, 0.5) is 13.2 Å². The Balaban J connectivity index is 1.96.